The molecule has 0 spiro atoms. The Labute approximate surface area is 104 Å². The van der Waals surface area contributed by atoms with Crippen molar-refractivity contribution in [3.63, 3.8) is 0 Å². The van der Waals surface area contributed by atoms with Crippen LogP contribution < -0.4 is 5.32 Å². The van der Waals surface area contributed by atoms with Crippen LogP contribution in [0.15, 0.2) is 18.3 Å². The monoisotopic (exact) mass is 254 g/mol. The zero-order chi connectivity index (χ0) is 12.8. The summed E-state index contributed by atoms with van der Waals surface area (Å²) in [5.41, 5.74) is 0.181. The van der Waals surface area contributed by atoms with Crippen LogP contribution in [-0.4, -0.2) is 40.0 Å². The summed E-state index contributed by atoms with van der Waals surface area (Å²) in [6.45, 7) is 1.90. The van der Waals surface area contributed by atoms with Crippen LogP contribution in [0.5, 0.6) is 0 Å². The molecule has 1 aromatic rings. The number of pyridine rings is 1. The van der Waals surface area contributed by atoms with Gasteiger partial charge in [-0.25, -0.2) is 9.78 Å². The van der Waals surface area contributed by atoms with Crippen LogP contribution in [0, 0.1) is 0 Å². The molecule has 1 heterocycles. The van der Waals surface area contributed by atoms with Crippen molar-refractivity contribution in [3.8, 4) is 0 Å². The molecule has 1 unspecified atom stereocenters. The summed E-state index contributed by atoms with van der Waals surface area (Å²) in [5, 5.41) is 11.5. The molecule has 0 aliphatic heterocycles. The Hall–Kier alpha value is -1.56. The Balaban J connectivity index is 2.75. The van der Waals surface area contributed by atoms with Gasteiger partial charge >= 0.3 is 5.97 Å². The minimum absolute atomic E-state index is 0.0407. The van der Waals surface area contributed by atoms with Crippen molar-refractivity contribution in [1.29, 1.82) is 0 Å². The Bertz CT molecular complexity index is 423. The molecule has 1 atom stereocenters. The largest absolute Gasteiger partial charge is 0.477 e. The van der Waals surface area contributed by atoms with Crippen LogP contribution in [0.3, 0.4) is 0 Å². The highest BCUT2D eigenvalue weighted by molar-refractivity contribution is 7.98. The van der Waals surface area contributed by atoms with Gasteiger partial charge in [-0.05, 0) is 25.3 Å². The lowest BCUT2D eigenvalue weighted by molar-refractivity contribution is 0.0690. The lowest BCUT2D eigenvalue weighted by Gasteiger charge is -2.12. The van der Waals surface area contributed by atoms with Crippen molar-refractivity contribution in [2.45, 2.75) is 13.0 Å². The van der Waals surface area contributed by atoms with Crippen molar-refractivity contribution >= 4 is 23.6 Å². The Kier molecular flexibility index (Phi) is 4.96. The fraction of sp³-hybridized carbons (Fsp3) is 0.364. The van der Waals surface area contributed by atoms with E-state index >= 15 is 0 Å². The van der Waals surface area contributed by atoms with Crippen molar-refractivity contribution in [2.75, 3.05) is 12.0 Å². The molecule has 0 aliphatic carbocycles. The first-order valence-electron chi connectivity index (χ1n) is 5.03. The maximum atomic E-state index is 11.8. The number of hydrogen-bond acceptors (Lipinski definition) is 4. The predicted molar refractivity (Wildman–Crippen MR) is 66.5 cm³/mol. The molecule has 0 bridgehead atoms. The second kappa shape index (κ2) is 6.24. The number of carboxylic acids is 1. The maximum Gasteiger partial charge on any atom is 0.354 e. The smallest absolute Gasteiger partial charge is 0.354 e. The summed E-state index contributed by atoms with van der Waals surface area (Å²) in [4.78, 5) is 26.1. The summed E-state index contributed by atoms with van der Waals surface area (Å²) in [6, 6.07) is 2.80. The van der Waals surface area contributed by atoms with E-state index in [1.54, 1.807) is 11.8 Å². The normalized spacial score (nSPS) is 11.9. The van der Waals surface area contributed by atoms with Crippen LogP contribution >= 0.6 is 11.8 Å². The van der Waals surface area contributed by atoms with E-state index in [4.69, 9.17) is 5.11 Å². The van der Waals surface area contributed by atoms with E-state index in [2.05, 4.69) is 10.3 Å². The average Bonchev–Trinajstić information content (AvgIpc) is 2.29. The molecule has 17 heavy (non-hydrogen) atoms. The first-order chi connectivity index (χ1) is 8.04. The molecule has 0 saturated carbocycles. The Morgan fingerprint density at radius 2 is 2.29 bits per heavy atom. The first-order valence-corrected chi connectivity index (χ1v) is 6.43. The van der Waals surface area contributed by atoms with Gasteiger partial charge in [0.05, 0.1) is 0 Å². The van der Waals surface area contributed by atoms with Gasteiger partial charge in [-0.3, -0.25) is 4.79 Å². The van der Waals surface area contributed by atoms with Gasteiger partial charge in [-0.1, -0.05) is 0 Å². The molecule has 0 radical (unpaired) electrons. The predicted octanol–water partition coefficient (Wildman–Crippen LogP) is 1.26. The highest BCUT2D eigenvalue weighted by atomic mass is 32.2. The summed E-state index contributed by atoms with van der Waals surface area (Å²) < 4.78 is 0. The van der Waals surface area contributed by atoms with Crippen LogP contribution in [0.1, 0.15) is 27.8 Å². The molecule has 6 heteroatoms. The van der Waals surface area contributed by atoms with E-state index in [0.29, 0.717) is 5.56 Å². The molecule has 5 nitrogen and oxygen atoms in total. The SMILES string of the molecule is CSCC(C)NC(=O)c1ccnc(C(=O)O)c1. The van der Waals surface area contributed by atoms with Gasteiger partial charge < -0.3 is 10.4 Å². The molecule has 0 fully saturated rings. The van der Waals surface area contributed by atoms with Gasteiger partial charge in [0.15, 0.2) is 0 Å². The second-order valence-electron chi connectivity index (χ2n) is 3.56. The molecule has 1 amide bonds. The average molecular weight is 254 g/mol. The van der Waals surface area contributed by atoms with Crippen molar-refractivity contribution < 1.29 is 14.7 Å². The first kappa shape index (κ1) is 13.5. The summed E-state index contributed by atoms with van der Waals surface area (Å²) in [6.07, 6.45) is 3.27. The van der Waals surface area contributed by atoms with Crippen LogP contribution in [-0.2, 0) is 0 Å². The molecular formula is C11H14N2O3S. The summed E-state index contributed by atoms with van der Waals surface area (Å²) in [7, 11) is 0. The molecular weight excluding hydrogens is 240 g/mol. The number of aromatic carboxylic acids is 1. The van der Waals surface area contributed by atoms with Gasteiger partial charge in [0, 0.05) is 23.6 Å². The van der Waals surface area contributed by atoms with E-state index in [-0.39, 0.29) is 17.6 Å². The van der Waals surface area contributed by atoms with E-state index in [1.807, 2.05) is 13.2 Å². The molecule has 1 rings (SSSR count). The third kappa shape index (κ3) is 4.07. The third-order valence-corrected chi connectivity index (χ3v) is 2.87. The minimum atomic E-state index is -1.14. The highest BCUT2D eigenvalue weighted by Gasteiger charge is 2.12. The fourth-order valence-electron chi connectivity index (χ4n) is 1.29. The number of carboxylic acid groups (broad SMARTS) is 1. The van der Waals surface area contributed by atoms with Crippen molar-refractivity contribution in [3.05, 3.63) is 29.6 Å². The van der Waals surface area contributed by atoms with Crippen molar-refractivity contribution in [1.82, 2.24) is 10.3 Å². The standard InChI is InChI=1S/C11H14N2O3S/c1-7(6-17-2)13-10(14)8-3-4-12-9(5-8)11(15)16/h3-5,7H,6H2,1-2H3,(H,13,14)(H,15,16). The summed E-state index contributed by atoms with van der Waals surface area (Å²) >= 11 is 1.63. The van der Waals surface area contributed by atoms with Crippen LogP contribution in [0.4, 0.5) is 0 Å². The number of aromatic nitrogens is 1. The van der Waals surface area contributed by atoms with Gasteiger partial charge in [0.1, 0.15) is 5.69 Å². The zero-order valence-corrected chi connectivity index (χ0v) is 10.5. The molecule has 0 aliphatic rings. The Morgan fingerprint density at radius 3 is 2.88 bits per heavy atom. The van der Waals surface area contributed by atoms with E-state index in [1.165, 1.54) is 18.3 Å². The van der Waals surface area contributed by atoms with Gasteiger partial charge in [0.2, 0.25) is 0 Å². The molecule has 92 valence electrons. The number of hydrogen-bond donors (Lipinski definition) is 2. The summed E-state index contributed by atoms with van der Waals surface area (Å²) in [5.74, 6) is -0.615. The maximum absolute atomic E-state index is 11.8. The van der Waals surface area contributed by atoms with E-state index in [0.717, 1.165) is 5.75 Å². The number of nitrogens with one attached hydrogen (secondary N) is 1. The second-order valence-corrected chi connectivity index (χ2v) is 4.48. The number of thioether (sulfide) groups is 1. The number of carbonyl (C=O) groups excluding carboxylic acids is 1. The van der Waals surface area contributed by atoms with Crippen LogP contribution in [0.25, 0.3) is 0 Å². The quantitative estimate of drug-likeness (QED) is 0.827. The third-order valence-electron chi connectivity index (χ3n) is 2.04. The van der Waals surface area contributed by atoms with Gasteiger partial charge in [-0.15, -0.1) is 0 Å². The molecule has 0 saturated heterocycles. The number of carbonyl (C=O) groups is 2. The van der Waals surface area contributed by atoms with Gasteiger partial charge in [0.25, 0.3) is 5.91 Å². The number of nitrogens with zero attached hydrogens (tertiary/aromatic N) is 1. The topological polar surface area (TPSA) is 79.3 Å². The number of rotatable bonds is 5. The lowest BCUT2D eigenvalue weighted by Crippen LogP contribution is -2.34. The lowest BCUT2D eigenvalue weighted by atomic mass is 10.2. The molecule has 1 aromatic heterocycles. The zero-order valence-electron chi connectivity index (χ0n) is 9.64. The molecule has 2 N–H and O–H groups in total. The van der Waals surface area contributed by atoms with E-state index < -0.39 is 5.97 Å². The van der Waals surface area contributed by atoms with Gasteiger partial charge in [-0.2, -0.15) is 11.8 Å². The fourth-order valence-corrected chi connectivity index (χ4v) is 1.87. The van der Waals surface area contributed by atoms with Crippen molar-refractivity contribution in [2.24, 2.45) is 0 Å². The Morgan fingerprint density at radius 1 is 1.59 bits per heavy atom. The molecule has 0 aromatic carbocycles. The van der Waals surface area contributed by atoms with Crippen LogP contribution in [0.2, 0.25) is 0 Å². The minimum Gasteiger partial charge on any atom is -0.477 e. The van der Waals surface area contributed by atoms with E-state index in [9.17, 15) is 9.59 Å². The highest BCUT2D eigenvalue weighted by Crippen LogP contribution is 2.04. The number of amides is 1.